The van der Waals surface area contributed by atoms with E-state index in [1.165, 1.54) is 12.8 Å². The van der Waals surface area contributed by atoms with Crippen LogP contribution in [0.15, 0.2) is 18.2 Å². The van der Waals surface area contributed by atoms with Crippen molar-refractivity contribution in [1.82, 2.24) is 10.2 Å². The fourth-order valence-corrected chi connectivity index (χ4v) is 3.17. The number of hydrogen-bond acceptors (Lipinski definition) is 4. The summed E-state index contributed by atoms with van der Waals surface area (Å²) in [7, 11) is 5.31. The summed E-state index contributed by atoms with van der Waals surface area (Å²) < 4.78 is 10.7. The number of carbonyl (C=O) groups is 1. The van der Waals surface area contributed by atoms with Gasteiger partial charge < -0.3 is 14.8 Å². The summed E-state index contributed by atoms with van der Waals surface area (Å²) in [4.78, 5) is 14.6. The molecule has 5 heteroatoms. The number of amides is 1. The van der Waals surface area contributed by atoms with Crippen molar-refractivity contribution in [2.45, 2.75) is 38.1 Å². The van der Waals surface area contributed by atoms with Crippen LogP contribution >= 0.6 is 0 Å². The summed E-state index contributed by atoms with van der Waals surface area (Å²) in [5, 5.41) is 3.07. The maximum atomic E-state index is 12.4. The Morgan fingerprint density at radius 1 is 1.26 bits per heavy atom. The molecule has 0 unspecified atom stereocenters. The van der Waals surface area contributed by atoms with Gasteiger partial charge in [0.1, 0.15) is 0 Å². The van der Waals surface area contributed by atoms with Crippen molar-refractivity contribution in [3.63, 3.8) is 0 Å². The molecule has 1 aliphatic heterocycles. The van der Waals surface area contributed by atoms with Crippen LogP contribution in [0.5, 0.6) is 11.5 Å². The van der Waals surface area contributed by atoms with E-state index in [1.54, 1.807) is 14.2 Å². The number of likely N-dealkylation sites (tertiary alicyclic amines) is 1. The van der Waals surface area contributed by atoms with Gasteiger partial charge in [0.25, 0.3) is 0 Å². The number of methoxy groups -OCH3 is 2. The molecule has 1 saturated heterocycles. The summed E-state index contributed by atoms with van der Waals surface area (Å²) >= 11 is 0. The summed E-state index contributed by atoms with van der Waals surface area (Å²) in [6.45, 7) is 1.61. The number of benzene rings is 1. The van der Waals surface area contributed by atoms with E-state index in [9.17, 15) is 4.79 Å². The van der Waals surface area contributed by atoms with Gasteiger partial charge in [0.15, 0.2) is 11.5 Å². The normalized spacial score (nSPS) is 19.0. The number of ether oxygens (including phenoxy) is 2. The number of nitrogens with one attached hydrogen (secondary N) is 1. The molecule has 1 N–H and O–H groups in total. The molecule has 2 rings (SSSR count). The SMILES string of the molecule is COc1cccc(CCNC(=O)[C@@H]2CCCCCN2C)c1OC. The highest BCUT2D eigenvalue weighted by Gasteiger charge is 2.24. The zero-order valence-electron chi connectivity index (χ0n) is 14.4. The minimum absolute atomic E-state index is 0.00436. The number of rotatable bonds is 6. The van der Waals surface area contributed by atoms with Crippen LogP contribution in [0.2, 0.25) is 0 Å². The molecular weight excluding hydrogens is 292 g/mol. The van der Waals surface area contributed by atoms with Crippen molar-refractivity contribution < 1.29 is 14.3 Å². The van der Waals surface area contributed by atoms with E-state index >= 15 is 0 Å². The number of hydrogen-bond donors (Lipinski definition) is 1. The fourth-order valence-electron chi connectivity index (χ4n) is 3.17. The van der Waals surface area contributed by atoms with E-state index < -0.39 is 0 Å². The van der Waals surface area contributed by atoms with Crippen LogP contribution in [0.4, 0.5) is 0 Å². The van der Waals surface area contributed by atoms with E-state index in [4.69, 9.17) is 9.47 Å². The maximum absolute atomic E-state index is 12.4. The Balaban J connectivity index is 1.90. The standard InChI is InChI=1S/C18H28N2O3/c1-20-13-6-4-5-9-15(20)18(21)19-12-11-14-8-7-10-16(22-2)17(14)23-3/h7-8,10,15H,4-6,9,11-13H2,1-3H3,(H,19,21)/t15-/m0/s1. The predicted octanol–water partition coefficient (Wildman–Crippen LogP) is 2.24. The lowest BCUT2D eigenvalue weighted by Gasteiger charge is -2.24. The van der Waals surface area contributed by atoms with E-state index in [0.29, 0.717) is 6.54 Å². The Morgan fingerprint density at radius 3 is 2.83 bits per heavy atom. The molecule has 23 heavy (non-hydrogen) atoms. The first kappa shape index (κ1) is 17.6. The van der Waals surface area contributed by atoms with Crippen molar-refractivity contribution in [2.24, 2.45) is 0 Å². The third kappa shape index (κ3) is 4.61. The third-order valence-electron chi connectivity index (χ3n) is 4.50. The van der Waals surface area contributed by atoms with Gasteiger partial charge >= 0.3 is 0 Å². The second-order valence-electron chi connectivity index (χ2n) is 6.04. The lowest BCUT2D eigenvalue weighted by atomic mass is 10.1. The molecule has 1 atom stereocenters. The molecule has 0 aliphatic carbocycles. The van der Waals surface area contributed by atoms with Crippen LogP contribution in [-0.2, 0) is 11.2 Å². The molecule has 1 heterocycles. The van der Waals surface area contributed by atoms with Gasteiger partial charge in [-0.1, -0.05) is 25.0 Å². The molecule has 1 amide bonds. The molecule has 0 aromatic heterocycles. The van der Waals surface area contributed by atoms with E-state index in [2.05, 4.69) is 10.2 Å². The van der Waals surface area contributed by atoms with Crippen LogP contribution in [0.25, 0.3) is 0 Å². The molecule has 0 spiro atoms. The van der Waals surface area contributed by atoms with Gasteiger partial charge in [-0.05, 0) is 44.5 Å². The van der Waals surface area contributed by atoms with Crippen molar-refractivity contribution >= 4 is 5.91 Å². The minimum Gasteiger partial charge on any atom is -0.493 e. The van der Waals surface area contributed by atoms with Gasteiger partial charge in [0, 0.05) is 6.54 Å². The van der Waals surface area contributed by atoms with E-state index in [1.807, 2.05) is 25.2 Å². The number of likely N-dealkylation sites (N-methyl/N-ethyl adjacent to an activating group) is 1. The number of nitrogens with zero attached hydrogens (tertiary/aromatic N) is 1. The van der Waals surface area contributed by atoms with Crippen LogP contribution in [-0.4, -0.2) is 51.2 Å². The van der Waals surface area contributed by atoms with Crippen LogP contribution in [0.3, 0.4) is 0 Å². The Morgan fingerprint density at radius 2 is 2.09 bits per heavy atom. The Kier molecular flexibility index (Phi) is 6.71. The highest BCUT2D eigenvalue weighted by Crippen LogP contribution is 2.30. The van der Waals surface area contributed by atoms with Gasteiger partial charge in [-0.3, -0.25) is 9.69 Å². The Bertz CT molecular complexity index is 519. The van der Waals surface area contributed by atoms with Crippen LogP contribution in [0, 0.1) is 0 Å². The largest absolute Gasteiger partial charge is 0.493 e. The molecule has 1 fully saturated rings. The first-order valence-corrected chi connectivity index (χ1v) is 8.35. The predicted molar refractivity (Wildman–Crippen MR) is 91.1 cm³/mol. The van der Waals surface area contributed by atoms with Gasteiger partial charge in [0.05, 0.1) is 20.3 Å². The van der Waals surface area contributed by atoms with Gasteiger partial charge in [-0.2, -0.15) is 0 Å². The van der Waals surface area contributed by atoms with Crippen molar-refractivity contribution in [1.29, 1.82) is 0 Å². The molecule has 0 bridgehead atoms. The molecule has 0 saturated carbocycles. The lowest BCUT2D eigenvalue weighted by Crippen LogP contribution is -2.45. The topological polar surface area (TPSA) is 50.8 Å². The summed E-state index contributed by atoms with van der Waals surface area (Å²) in [5.74, 6) is 1.60. The Hall–Kier alpha value is -1.75. The van der Waals surface area contributed by atoms with Gasteiger partial charge in [0.2, 0.25) is 5.91 Å². The average Bonchev–Trinajstić information content (AvgIpc) is 2.78. The molecule has 1 aliphatic rings. The lowest BCUT2D eigenvalue weighted by molar-refractivity contribution is -0.126. The third-order valence-corrected chi connectivity index (χ3v) is 4.50. The molecular formula is C18H28N2O3. The monoisotopic (exact) mass is 320 g/mol. The molecule has 128 valence electrons. The number of para-hydroxylation sites is 1. The second-order valence-corrected chi connectivity index (χ2v) is 6.04. The maximum Gasteiger partial charge on any atom is 0.237 e. The molecule has 1 aromatic carbocycles. The number of carbonyl (C=O) groups excluding carboxylic acids is 1. The van der Waals surface area contributed by atoms with Gasteiger partial charge in [-0.25, -0.2) is 0 Å². The molecule has 5 nitrogen and oxygen atoms in total. The summed E-state index contributed by atoms with van der Waals surface area (Å²) in [6.07, 6.45) is 5.20. The average molecular weight is 320 g/mol. The Labute approximate surface area is 139 Å². The summed E-state index contributed by atoms with van der Waals surface area (Å²) in [5.41, 5.74) is 1.04. The van der Waals surface area contributed by atoms with Crippen molar-refractivity contribution in [2.75, 3.05) is 34.4 Å². The van der Waals surface area contributed by atoms with Gasteiger partial charge in [-0.15, -0.1) is 0 Å². The fraction of sp³-hybridized carbons (Fsp3) is 0.611. The first-order valence-electron chi connectivity index (χ1n) is 8.35. The highest BCUT2D eigenvalue weighted by atomic mass is 16.5. The summed E-state index contributed by atoms with van der Waals surface area (Å²) in [6, 6.07) is 5.83. The highest BCUT2D eigenvalue weighted by molar-refractivity contribution is 5.81. The van der Waals surface area contributed by atoms with Crippen LogP contribution in [0.1, 0.15) is 31.2 Å². The first-order chi connectivity index (χ1) is 11.2. The molecule has 1 aromatic rings. The van der Waals surface area contributed by atoms with Crippen molar-refractivity contribution in [3.05, 3.63) is 23.8 Å². The zero-order chi connectivity index (χ0) is 16.7. The second kappa shape index (κ2) is 8.77. The smallest absolute Gasteiger partial charge is 0.237 e. The quantitative estimate of drug-likeness (QED) is 0.873. The van der Waals surface area contributed by atoms with Crippen LogP contribution < -0.4 is 14.8 Å². The van der Waals surface area contributed by atoms with E-state index in [0.717, 1.165) is 42.9 Å². The minimum atomic E-state index is 0.00436. The zero-order valence-corrected chi connectivity index (χ0v) is 14.4. The molecule has 0 radical (unpaired) electrons. The van der Waals surface area contributed by atoms with Crippen molar-refractivity contribution in [3.8, 4) is 11.5 Å². The van der Waals surface area contributed by atoms with E-state index in [-0.39, 0.29) is 11.9 Å².